The molecule has 7 heteroatoms. The monoisotopic (exact) mass is 344 g/mol. The number of nitrogens with two attached hydrogens (primary N) is 1. The summed E-state index contributed by atoms with van der Waals surface area (Å²) in [4.78, 5) is 29.1. The third-order valence-corrected chi connectivity index (χ3v) is 4.16. The molecule has 1 aromatic carbocycles. The fraction of sp³-hybridized carbons (Fsp3) is 0.389. The van der Waals surface area contributed by atoms with Gasteiger partial charge in [-0.1, -0.05) is 50.6 Å². The van der Waals surface area contributed by atoms with Crippen molar-refractivity contribution in [2.24, 2.45) is 5.84 Å². The number of aromatic hydroxyl groups is 1. The lowest BCUT2D eigenvalue weighted by Crippen LogP contribution is -2.39. The molecule has 4 N–H and O–H groups in total. The van der Waals surface area contributed by atoms with E-state index in [-0.39, 0.29) is 6.04 Å². The number of benzene rings is 1. The highest BCUT2D eigenvalue weighted by Crippen LogP contribution is 2.24. The smallest absolute Gasteiger partial charge is 0.276 e. The number of carbonyl (C=O) groups is 1. The van der Waals surface area contributed by atoms with Crippen LogP contribution in [-0.4, -0.2) is 20.6 Å². The third-order valence-electron chi connectivity index (χ3n) is 4.16. The van der Waals surface area contributed by atoms with E-state index in [0.717, 1.165) is 18.4 Å². The zero-order valence-electron chi connectivity index (χ0n) is 14.5. The van der Waals surface area contributed by atoms with Crippen molar-refractivity contribution in [1.29, 1.82) is 0 Å². The Morgan fingerprint density at radius 3 is 2.56 bits per heavy atom. The lowest BCUT2D eigenvalue weighted by molar-refractivity contribution is 0.0947. The van der Waals surface area contributed by atoms with Gasteiger partial charge in [-0.3, -0.25) is 19.6 Å². The molecule has 0 aliphatic rings. The maximum atomic E-state index is 13.0. The predicted molar refractivity (Wildman–Crippen MR) is 95.3 cm³/mol. The Balaban J connectivity index is 2.70. The summed E-state index contributed by atoms with van der Waals surface area (Å²) in [6.07, 6.45) is 2.91. The van der Waals surface area contributed by atoms with Crippen LogP contribution < -0.4 is 16.8 Å². The Morgan fingerprint density at radius 1 is 1.32 bits per heavy atom. The fourth-order valence-electron chi connectivity index (χ4n) is 2.91. The minimum absolute atomic E-state index is 0.280. The number of hydrazine groups is 1. The molecule has 0 saturated heterocycles. The lowest BCUT2D eigenvalue weighted by Gasteiger charge is -2.23. The van der Waals surface area contributed by atoms with Crippen molar-refractivity contribution < 1.29 is 9.90 Å². The standard InChI is InChI=1S/C18H24N4O3/c1-3-5-11-14-20-16(23)15(17(24)21-19)18(25)22(14)13(4-2)12-9-7-6-8-10-12/h6-10,13,23H,3-5,11,19H2,1-2H3,(H,21,24)/t13-/m0/s1. The van der Waals surface area contributed by atoms with Crippen LogP contribution in [0.15, 0.2) is 35.1 Å². The summed E-state index contributed by atoms with van der Waals surface area (Å²) >= 11 is 0. The highest BCUT2D eigenvalue weighted by atomic mass is 16.3. The second-order valence-corrected chi connectivity index (χ2v) is 5.81. The number of aryl methyl sites for hydroxylation is 1. The number of nitrogens with one attached hydrogen (secondary N) is 1. The van der Waals surface area contributed by atoms with Crippen LogP contribution in [0, 0.1) is 0 Å². The quantitative estimate of drug-likeness (QED) is 0.404. The van der Waals surface area contributed by atoms with Crippen LogP contribution in [-0.2, 0) is 6.42 Å². The van der Waals surface area contributed by atoms with E-state index in [4.69, 9.17) is 5.84 Å². The Bertz CT molecular complexity index is 787. The van der Waals surface area contributed by atoms with Gasteiger partial charge in [-0.05, 0) is 18.4 Å². The normalized spacial score (nSPS) is 12.0. The average molecular weight is 344 g/mol. The minimum Gasteiger partial charge on any atom is -0.493 e. The van der Waals surface area contributed by atoms with Crippen LogP contribution in [0.5, 0.6) is 5.88 Å². The number of rotatable bonds is 7. The number of amides is 1. The topological polar surface area (TPSA) is 110 Å². The molecule has 7 nitrogen and oxygen atoms in total. The minimum atomic E-state index is -0.853. The fourth-order valence-corrected chi connectivity index (χ4v) is 2.91. The first-order valence-electron chi connectivity index (χ1n) is 8.45. The van der Waals surface area contributed by atoms with Crippen molar-refractivity contribution >= 4 is 5.91 Å². The number of aromatic nitrogens is 2. The van der Waals surface area contributed by atoms with Crippen molar-refractivity contribution in [1.82, 2.24) is 15.0 Å². The Hall–Kier alpha value is -2.67. The van der Waals surface area contributed by atoms with Gasteiger partial charge < -0.3 is 5.11 Å². The molecule has 1 amide bonds. The summed E-state index contributed by atoms with van der Waals surface area (Å²) < 4.78 is 1.51. The van der Waals surface area contributed by atoms with Crippen LogP contribution in [0.3, 0.4) is 0 Å². The van der Waals surface area contributed by atoms with E-state index in [1.54, 1.807) is 0 Å². The first-order valence-corrected chi connectivity index (χ1v) is 8.45. The van der Waals surface area contributed by atoms with E-state index in [9.17, 15) is 14.7 Å². The average Bonchev–Trinajstić information content (AvgIpc) is 2.63. The Labute approximate surface area is 146 Å². The largest absolute Gasteiger partial charge is 0.493 e. The van der Waals surface area contributed by atoms with Gasteiger partial charge in [0.25, 0.3) is 11.5 Å². The van der Waals surface area contributed by atoms with Gasteiger partial charge in [0.15, 0.2) is 5.56 Å². The van der Waals surface area contributed by atoms with Crippen LogP contribution >= 0.6 is 0 Å². The van der Waals surface area contributed by atoms with Crippen LogP contribution in [0.4, 0.5) is 0 Å². The van der Waals surface area contributed by atoms with Crippen LogP contribution in [0.1, 0.15) is 60.9 Å². The second-order valence-electron chi connectivity index (χ2n) is 5.81. The van der Waals surface area contributed by atoms with E-state index >= 15 is 0 Å². The summed E-state index contributed by atoms with van der Waals surface area (Å²) in [6.45, 7) is 4.00. The van der Waals surface area contributed by atoms with Gasteiger partial charge in [0.2, 0.25) is 5.88 Å². The molecule has 0 spiro atoms. The zero-order chi connectivity index (χ0) is 18.4. The molecular formula is C18H24N4O3. The number of hydrogen-bond acceptors (Lipinski definition) is 5. The molecule has 25 heavy (non-hydrogen) atoms. The van der Waals surface area contributed by atoms with E-state index in [0.29, 0.717) is 18.7 Å². The third kappa shape index (κ3) is 3.88. The van der Waals surface area contributed by atoms with Crippen molar-refractivity contribution in [3.05, 3.63) is 57.6 Å². The molecular weight excluding hydrogens is 320 g/mol. The molecule has 134 valence electrons. The predicted octanol–water partition coefficient (Wildman–Crippen LogP) is 1.89. The molecule has 0 aliphatic carbocycles. The molecule has 2 rings (SSSR count). The summed E-state index contributed by atoms with van der Waals surface area (Å²) in [5, 5.41) is 10.1. The summed E-state index contributed by atoms with van der Waals surface area (Å²) in [5.41, 5.74) is 1.82. The Morgan fingerprint density at radius 2 is 2.00 bits per heavy atom. The summed E-state index contributed by atoms with van der Waals surface area (Å²) in [7, 11) is 0. The molecule has 0 unspecified atom stereocenters. The first-order chi connectivity index (χ1) is 12.0. The van der Waals surface area contributed by atoms with Crippen molar-refractivity contribution in [3.63, 3.8) is 0 Å². The molecule has 1 atom stereocenters. The molecule has 0 saturated carbocycles. The van der Waals surface area contributed by atoms with Gasteiger partial charge in [-0.25, -0.2) is 5.84 Å². The van der Waals surface area contributed by atoms with Gasteiger partial charge in [-0.2, -0.15) is 4.98 Å². The van der Waals surface area contributed by atoms with Crippen LogP contribution in [0.25, 0.3) is 0 Å². The van der Waals surface area contributed by atoms with Gasteiger partial charge in [0.05, 0.1) is 6.04 Å². The molecule has 0 bridgehead atoms. The number of unbranched alkanes of at least 4 members (excludes halogenated alkanes) is 1. The summed E-state index contributed by atoms with van der Waals surface area (Å²) in [6, 6.07) is 9.28. The highest BCUT2D eigenvalue weighted by Gasteiger charge is 2.25. The molecule has 2 aromatic rings. The molecule has 1 aromatic heterocycles. The number of nitrogens with zero attached hydrogens (tertiary/aromatic N) is 2. The Kier molecular flexibility index (Phi) is 6.30. The van der Waals surface area contributed by atoms with E-state index in [1.807, 2.05) is 49.6 Å². The van der Waals surface area contributed by atoms with E-state index in [1.165, 1.54) is 4.57 Å². The molecule has 0 fully saturated rings. The number of hydrogen-bond donors (Lipinski definition) is 3. The second kappa shape index (κ2) is 8.43. The van der Waals surface area contributed by atoms with Crippen molar-refractivity contribution in [3.8, 4) is 5.88 Å². The molecule has 0 aliphatic heterocycles. The SMILES string of the molecule is CCCCc1nc(O)c(C(=O)NN)c(=O)n1[C@@H](CC)c1ccccc1. The number of carbonyl (C=O) groups excluding carboxylic acids is 1. The maximum Gasteiger partial charge on any atom is 0.276 e. The van der Waals surface area contributed by atoms with Gasteiger partial charge >= 0.3 is 0 Å². The lowest BCUT2D eigenvalue weighted by atomic mass is 10.0. The molecule has 1 heterocycles. The summed E-state index contributed by atoms with van der Waals surface area (Å²) in [5.74, 6) is 4.17. The molecule has 0 radical (unpaired) electrons. The van der Waals surface area contributed by atoms with Crippen molar-refractivity contribution in [2.75, 3.05) is 0 Å². The maximum absolute atomic E-state index is 13.0. The first kappa shape index (κ1) is 18.7. The van der Waals surface area contributed by atoms with Crippen molar-refractivity contribution in [2.45, 2.75) is 45.6 Å². The van der Waals surface area contributed by atoms with E-state index in [2.05, 4.69) is 4.98 Å². The van der Waals surface area contributed by atoms with E-state index < -0.39 is 22.9 Å². The highest BCUT2D eigenvalue weighted by molar-refractivity contribution is 5.95. The van der Waals surface area contributed by atoms with Gasteiger partial charge in [-0.15, -0.1) is 0 Å². The van der Waals surface area contributed by atoms with Gasteiger partial charge in [0.1, 0.15) is 5.82 Å². The zero-order valence-corrected chi connectivity index (χ0v) is 14.5. The van der Waals surface area contributed by atoms with Gasteiger partial charge in [0, 0.05) is 6.42 Å². The number of nitrogen functional groups attached to an aromatic ring is 1. The van der Waals surface area contributed by atoms with Crippen LogP contribution in [0.2, 0.25) is 0 Å².